The molecule has 0 amide bonds. The highest BCUT2D eigenvalue weighted by Gasteiger charge is 2.03. The number of aliphatic carboxylic acids is 1. The molecular formula is C16H12ClFO3. The Morgan fingerprint density at radius 2 is 2.10 bits per heavy atom. The number of rotatable bonds is 5. The number of carboxylic acids is 1. The lowest BCUT2D eigenvalue weighted by atomic mass is 10.2. The first kappa shape index (κ1) is 15.1. The molecule has 0 heterocycles. The molecule has 21 heavy (non-hydrogen) atoms. The average molecular weight is 307 g/mol. The first-order valence-corrected chi connectivity index (χ1v) is 6.50. The van der Waals surface area contributed by atoms with Gasteiger partial charge in [0.1, 0.15) is 18.2 Å². The molecule has 108 valence electrons. The van der Waals surface area contributed by atoms with Gasteiger partial charge in [0.05, 0.1) is 5.02 Å². The first-order valence-electron chi connectivity index (χ1n) is 6.12. The van der Waals surface area contributed by atoms with Crippen LogP contribution in [0.1, 0.15) is 11.1 Å². The summed E-state index contributed by atoms with van der Waals surface area (Å²) in [4.78, 5) is 10.4. The topological polar surface area (TPSA) is 46.5 Å². The van der Waals surface area contributed by atoms with Crippen LogP contribution in [0.25, 0.3) is 6.08 Å². The van der Waals surface area contributed by atoms with Gasteiger partial charge < -0.3 is 9.84 Å². The van der Waals surface area contributed by atoms with Crippen molar-refractivity contribution in [2.45, 2.75) is 6.61 Å². The summed E-state index contributed by atoms with van der Waals surface area (Å²) >= 11 is 6.06. The molecule has 0 radical (unpaired) electrons. The van der Waals surface area contributed by atoms with E-state index in [1.807, 2.05) is 0 Å². The van der Waals surface area contributed by atoms with E-state index in [2.05, 4.69) is 0 Å². The largest absolute Gasteiger partial charge is 0.487 e. The molecule has 0 bridgehead atoms. The van der Waals surface area contributed by atoms with Gasteiger partial charge in [0.15, 0.2) is 0 Å². The van der Waals surface area contributed by atoms with Gasteiger partial charge in [0.2, 0.25) is 0 Å². The fourth-order valence-electron chi connectivity index (χ4n) is 1.69. The first-order chi connectivity index (χ1) is 10.0. The summed E-state index contributed by atoms with van der Waals surface area (Å²) in [6.07, 6.45) is 2.46. The van der Waals surface area contributed by atoms with Gasteiger partial charge in [-0.15, -0.1) is 0 Å². The second-order valence-electron chi connectivity index (χ2n) is 4.28. The van der Waals surface area contributed by atoms with Crippen molar-refractivity contribution in [2.75, 3.05) is 0 Å². The van der Waals surface area contributed by atoms with E-state index >= 15 is 0 Å². The summed E-state index contributed by atoms with van der Waals surface area (Å²) in [6.45, 7) is 0.196. The Bertz CT molecular complexity index is 683. The molecule has 2 rings (SSSR count). The Balaban J connectivity index is 2.06. The third-order valence-electron chi connectivity index (χ3n) is 2.66. The Hall–Kier alpha value is -2.33. The van der Waals surface area contributed by atoms with Crippen molar-refractivity contribution in [2.24, 2.45) is 0 Å². The van der Waals surface area contributed by atoms with Crippen LogP contribution in [0.4, 0.5) is 4.39 Å². The molecule has 0 aliphatic carbocycles. The maximum atomic E-state index is 13.0. The van der Waals surface area contributed by atoms with Gasteiger partial charge in [0, 0.05) is 6.08 Å². The van der Waals surface area contributed by atoms with Gasteiger partial charge >= 0.3 is 5.97 Å². The van der Waals surface area contributed by atoms with E-state index in [9.17, 15) is 9.18 Å². The lowest BCUT2D eigenvalue weighted by Gasteiger charge is -2.08. The summed E-state index contributed by atoms with van der Waals surface area (Å²) in [5, 5.41) is 8.92. The number of carbonyl (C=O) groups is 1. The third-order valence-corrected chi connectivity index (χ3v) is 2.95. The van der Waals surface area contributed by atoms with E-state index in [4.69, 9.17) is 21.4 Å². The second kappa shape index (κ2) is 6.90. The quantitative estimate of drug-likeness (QED) is 0.844. The van der Waals surface area contributed by atoms with Gasteiger partial charge in [0.25, 0.3) is 0 Å². The molecule has 0 aliphatic heterocycles. The SMILES string of the molecule is O=C(O)C=Cc1ccc(OCc2cccc(F)c2)c(Cl)c1. The summed E-state index contributed by atoms with van der Waals surface area (Å²) in [6, 6.07) is 11.0. The molecule has 0 aromatic heterocycles. The standard InChI is InChI=1S/C16H12ClFO3/c17-14-9-11(5-7-16(19)20)4-6-15(14)21-10-12-2-1-3-13(18)8-12/h1-9H,10H2,(H,19,20). The number of hydrogen-bond acceptors (Lipinski definition) is 2. The fourth-order valence-corrected chi connectivity index (χ4v) is 1.94. The lowest BCUT2D eigenvalue weighted by molar-refractivity contribution is -0.131. The molecule has 0 saturated heterocycles. The number of ether oxygens (including phenoxy) is 1. The average Bonchev–Trinajstić information content (AvgIpc) is 2.44. The van der Waals surface area contributed by atoms with Crippen molar-refractivity contribution in [3.8, 4) is 5.75 Å². The van der Waals surface area contributed by atoms with E-state index < -0.39 is 5.97 Å². The van der Waals surface area contributed by atoms with Crippen LogP contribution in [0, 0.1) is 5.82 Å². The van der Waals surface area contributed by atoms with Crippen LogP contribution in [-0.4, -0.2) is 11.1 Å². The molecule has 0 aliphatic rings. The van der Waals surface area contributed by atoms with Crippen molar-refractivity contribution < 1.29 is 19.0 Å². The minimum atomic E-state index is -1.03. The van der Waals surface area contributed by atoms with Crippen molar-refractivity contribution in [3.63, 3.8) is 0 Å². The van der Waals surface area contributed by atoms with E-state index in [0.717, 1.165) is 6.08 Å². The van der Waals surface area contributed by atoms with Crippen LogP contribution in [0.3, 0.4) is 0 Å². The summed E-state index contributed by atoms with van der Waals surface area (Å²) < 4.78 is 18.6. The van der Waals surface area contributed by atoms with Gasteiger partial charge in [-0.3, -0.25) is 0 Å². The number of carboxylic acid groups (broad SMARTS) is 1. The molecule has 0 spiro atoms. The number of halogens is 2. The number of hydrogen-bond donors (Lipinski definition) is 1. The van der Waals surface area contributed by atoms with Crippen molar-refractivity contribution >= 4 is 23.6 Å². The van der Waals surface area contributed by atoms with Crippen LogP contribution in [0.2, 0.25) is 5.02 Å². The van der Waals surface area contributed by atoms with E-state index in [1.54, 1.807) is 30.3 Å². The summed E-state index contributed by atoms with van der Waals surface area (Å²) in [5.41, 5.74) is 1.35. The highest BCUT2D eigenvalue weighted by atomic mass is 35.5. The molecule has 0 unspecified atom stereocenters. The van der Waals surface area contributed by atoms with Crippen LogP contribution in [0.15, 0.2) is 48.5 Å². The molecule has 1 N–H and O–H groups in total. The maximum Gasteiger partial charge on any atom is 0.328 e. The smallest absolute Gasteiger partial charge is 0.328 e. The Kier molecular flexibility index (Phi) is 4.95. The van der Waals surface area contributed by atoms with Crippen molar-refractivity contribution in [1.29, 1.82) is 0 Å². The highest BCUT2D eigenvalue weighted by Crippen LogP contribution is 2.26. The molecule has 5 heteroatoms. The summed E-state index contributed by atoms with van der Waals surface area (Å²) in [7, 11) is 0. The molecular weight excluding hydrogens is 295 g/mol. The Labute approximate surface area is 126 Å². The van der Waals surface area contributed by atoms with Gasteiger partial charge in [-0.2, -0.15) is 0 Å². The van der Waals surface area contributed by atoms with Crippen LogP contribution >= 0.6 is 11.6 Å². The monoisotopic (exact) mass is 306 g/mol. The minimum Gasteiger partial charge on any atom is -0.487 e. The molecule has 2 aromatic rings. The van der Waals surface area contributed by atoms with E-state index in [-0.39, 0.29) is 12.4 Å². The zero-order valence-electron chi connectivity index (χ0n) is 10.9. The predicted octanol–water partition coefficient (Wildman–Crippen LogP) is 4.16. The van der Waals surface area contributed by atoms with E-state index in [0.29, 0.717) is 21.9 Å². The van der Waals surface area contributed by atoms with Crippen molar-refractivity contribution in [1.82, 2.24) is 0 Å². The van der Waals surface area contributed by atoms with E-state index in [1.165, 1.54) is 18.2 Å². The molecule has 0 fully saturated rings. The molecule has 3 nitrogen and oxygen atoms in total. The van der Waals surface area contributed by atoms with Crippen LogP contribution < -0.4 is 4.74 Å². The Morgan fingerprint density at radius 3 is 2.76 bits per heavy atom. The lowest BCUT2D eigenvalue weighted by Crippen LogP contribution is -1.96. The zero-order chi connectivity index (χ0) is 15.2. The third kappa shape index (κ3) is 4.61. The molecule has 0 atom stereocenters. The van der Waals surface area contributed by atoms with Crippen LogP contribution in [-0.2, 0) is 11.4 Å². The van der Waals surface area contributed by atoms with Crippen LogP contribution in [0.5, 0.6) is 5.75 Å². The Morgan fingerprint density at radius 1 is 1.29 bits per heavy atom. The van der Waals surface area contributed by atoms with Gasteiger partial charge in [-0.25, -0.2) is 9.18 Å². The molecule has 2 aromatic carbocycles. The maximum absolute atomic E-state index is 13.0. The van der Waals surface area contributed by atoms with Gasteiger partial charge in [-0.05, 0) is 41.5 Å². The van der Waals surface area contributed by atoms with Crippen molar-refractivity contribution in [3.05, 3.63) is 70.5 Å². The normalized spacial score (nSPS) is 10.8. The van der Waals surface area contributed by atoms with Gasteiger partial charge in [-0.1, -0.05) is 29.8 Å². The minimum absolute atomic E-state index is 0.196. The second-order valence-corrected chi connectivity index (χ2v) is 4.69. The highest BCUT2D eigenvalue weighted by molar-refractivity contribution is 6.32. The summed E-state index contributed by atoms with van der Waals surface area (Å²) in [5.74, 6) is -0.901. The number of benzene rings is 2. The predicted molar refractivity (Wildman–Crippen MR) is 78.9 cm³/mol. The fraction of sp³-hybridized carbons (Fsp3) is 0.0625. The molecule has 0 saturated carbocycles. The zero-order valence-corrected chi connectivity index (χ0v) is 11.7.